The average molecular weight is 322 g/mol. The monoisotopic (exact) mass is 322 g/mol. The quantitative estimate of drug-likeness (QED) is 0.585. The molecule has 3 rings (SSSR count). The zero-order chi connectivity index (χ0) is 16.1. The van der Waals surface area contributed by atoms with Crippen molar-refractivity contribution in [1.82, 2.24) is 4.57 Å². The lowest BCUT2D eigenvalue weighted by Crippen LogP contribution is -2.15. The number of nitrogens with zero attached hydrogens (tertiary/aromatic N) is 2. The van der Waals surface area contributed by atoms with Crippen LogP contribution in [-0.2, 0) is 6.54 Å². The third-order valence-corrected chi connectivity index (χ3v) is 4.72. The average Bonchev–Trinajstić information content (AvgIpc) is 2.97. The summed E-state index contributed by atoms with van der Waals surface area (Å²) in [7, 11) is 0. The van der Waals surface area contributed by atoms with Crippen molar-refractivity contribution >= 4 is 17.0 Å². The Morgan fingerprint density at radius 1 is 1.00 bits per heavy atom. The summed E-state index contributed by atoms with van der Waals surface area (Å²) in [6.45, 7) is 5.36. The van der Waals surface area contributed by atoms with Gasteiger partial charge in [-0.2, -0.15) is 0 Å². The standard InChI is InChI=1S/C20H22N2S/c1-3-4-14-22-19(17-12-10-16(2)11-13-17)15-23-20(22)21-18-8-6-5-7-9-18/h5-13,15H,3-4,14H2,1-2H3. The fraction of sp³-hybridized carbons (Fsp3) is 0.250. The van der Waals surface area contributed by atoms with Crippen molar-refractivity contribution in [2.75, 3.05) is 0 Å². The second-order valence-corrected chi connectivity index (χ2v) is 6.56. The molecule has 1 heterocycles. The van der Waals surface area contributed by atoms with Crippen LogP contribution in [0.3, 0.4) is 0 Å². The van der Waals surface area contributed by atoms with E-state index in [4.69, 9.17) is 4.99 Å². The maximum Gasteiger partial charge on any atom is 0.190 e. The summed E-state index contributed by atoms with van der Waals surface area (Å²) < 4.78 is 2.35. The van der Waals surface area contributed by atoms with Crippen LogP contribution in [0, 0.1) is 6.92 Å². The van der Waals surface area contributed by atoms with Crippen molar-refractivity contribution in [2.45, 2.75) is 33.2 Å². The van der Waals surface area contributed by atoms with Crippen LogP contribution in [0.2, 0.25) is 0 Å². The summed E-state index contributed by atoms with van der Waals surface area (Å²) in [5.41, 5.74) is 4.82. The zero-order valence-electron chi connectivity index (χ0n) is 13.7. The molecule has 0 radical (unpaired) electrons. The molecule has 0 aliphatic carbocycles. The number of unbranched alkanes of at least 4 members (excludes halogenated alkanes) is 1. The van der Waals surface area contributed by atoms with Crippen LogP contribution >= 0.6 is 11.3 Å². The van der Waals surface area contributed by atoms with E-state index in [9.17, 15) is 0 Å². The molecular weight excluding hydrogens is 300 g/mol. The van der Waals surface area contributed by atoms with Gasteiger partial charge in [0.15, 0.2) is 4.80 Å². The number of aromatic nitrogens is 1. The van der Waals surface area contributed by atoms with Crippen molar-refractivity contribution in [1.29, 1.82) is 0 Å². The van der Waals surface area contributed by atoms with Gasteiger partial charge in [0.25, 0.3) is 0 Å². The van der Waals surface area contributed by atoms with E-state index in [-0.39, 0.29) is 0 Å². The summed E-state index contributed by atoms with van der Waals surface area (Å²) in [5, 5.41) is 2.22. The van der Waals surface area contributed by atoms with Gasteiger partial charge in [-0.15, -0.1) is 11.3 Å². The van der Waals surface area contributed by atoms with Gasteiger partial charge in [0, 0.05) is 11.9 Å². The van der Waals surface area contributed by atoms with E-state index < -0.39 is 0 Å². The fourth-order valence-electron chi connectivity index (χ4n) is 2.52. The number of aryl methyl sites for hydroxylation is 1. The van der Waals surface area contributed by atoms with E-state index in [0.717, 1.165) is 23.5 Å². The van der Waals surface area contributed by atoms with E-state index in [2.05, 4.69) is 60.2 Å². The Kier molecular flexibility index (Phi) is 5.09. The zero-order valence-corrected chi connectivity index (χ0v) is 14.5. The molecule has 0 atom stereocenters. The lowest BCUT2D eigenvalue weighted by molar-refractivity contribution is 0.624. The van der Waals surface area contributed by atoms with Crippen molar-refractivity contribution in [3.63, 3.8) is 0 Å². The van der Waals surface area contributed by atoms with Crippen molar-refractivity contribution < 1.29 is 0 Å². The summed E-state index contributed by atoms with van der Waals surface area (Å²) in [5.74, 6) is 0. The molecule has 0 unspecified atom stereocenters. The molecule has 0 spiro atoms. The van der Waals surface area contributed by atoms with Gasteiger partial charge < -0.3 is 4.57 Å². The molecule has 1 aromatic heterocycles. The molecule has 0 bridgehead atoms. The van der Waals surface area contributed by atoms with Crippen LogP contribution in [0.1, 0.15) is 25.3 Å². The first-order valence-corrected chi connectivity index (χ1v) is 9.01. The van der Waals surface area contributed by atoms with Crippen molar-refractivity contribution in [3.05, 3.63) is 70.3 Å². The number of thiazole rings is 1. The molecule has 3 aromatic rings. The lowest BCUT2D eigenvalue weighted by Gasteiger charge is -2.09. The smallest absolute Gasteiger partial charge is 0.190 e. The third-order valence-electron chi connectivity index (χ3n) is 3.86. The van der Waals surface area contributed by atoms with E-state index in [1.807, 2.05) is 18.2 Å². The molecule has 0 fully saturated rings. The molecular formula is C20H22N2S. The minimum absolute atomic E-state index is 1.01. The minimum atomic E-state index is 1.01. The largest absolute Gasteiger partial charge is 0.316 e. The predicted molar refractivity (Wildman–Crippen MR) is 99.1 cm³/mol. The topological polar surface area (TPSA) is 17.3 Å². The third kappa shape index (κ3) is 3.80. The SMILES string of the molecule is CCCCn1c(-c2ccc(C)cc2)csc1=Nc1ccccc1. The van der Waals surface area contributed by atoms with E-state index in [1.165, 1.54) is 23.2 Å². The highest BCUT2D eigenvalue weighted by atomic mass is 32.1. The first-order valence-electron chi connectivity index (χ1n) is 8.13. The molecule has 118 valence electrons. The van der Waals surface area contributed by atoms with E-state index in [1.54, 1.807) is 11.3 Å². The fourth-order valence-corrected chi connectivity index (χ4v) is 3.47. The molecule has 0 saturated carbocycles. The predicted octanol–water partition coefficient (Wildman–Crippen LogP) is 5.56. The second-order valence-electron chi connectivity index (χ2n) is 5.72. The maximum atomic E-state index is 4.84. The number of rotatable bonds is 5. The number of hydrogen-bond acceptors (Lipinski definition) is 2. The Hall–Kier alpha value is -2.13. The molecule has 0 amide bonds. The van der Waals surface area contributed by atoms with Gasteiger partial charge in [-0.3, -0.25) is 0 Å². The summed E-state index contributed by atoms with van der Waals surface area (Å²) >= 11 is 1.72. The molecule has 0 N–H and O–H groups in total. The van der Waals surface area contributed by atoms with Gasteiger partial charge in [0.2, 0.25) is 0 Å². The van der Waals surface area contributed by atoms with Crippen LogP contribution in [0.5, 0.6) is 0 Å². The maximum absolute atomic E-state index is 4.84. The van der Waals surface area contributed by atoms with Gasteiger partial charge in [0.05, 0.1) is 11.4 Å². The molecule has 23 heavy (non-hydrogen) atoms. The van der Waals surface area contributed by atoms with Gasteiger partial charge >= 0.3 is 0 Å². The summed E-state index contributed by atoms with van der Waals surface area (Å²) in [6, 6.07) is 18.9. The van der Waals surface area contributed by atoms with Gasteiger partial charge in [0.1, 0.15) is 0 Å². The van der Waals surface area contributed by atoms with Crippen LogP contribution in [0.25, 0.3) is 11.3 Å². The Bertz CT molecular complexity index is 811. The summed E-state index contributed by atoms with van der Waals surface area (Å²) in [4.78, 5) is 5.91. The van der Waals surface area contributed by atoms with Crippen molar-refractivity contribution in [2.24, 2.45) is 4.99 Å². The number of hydrogen-bond donors (Lipinski definition) is 0. The highest BCUT2D eigenvalue weighted by molar-refractivity contribution is 7.07. The Morgan fingerprint density at radius 2 is 1.74 bits per heavy atom. The molecule has 0 aliphatic heterocycles. The molecule has 2 nitrogen and oxygen atoms in total. The number of para-hydroxylation sites is 1. The normalized spacial score (nSPS) is 11.8. The van der Waals surface area contributed by atoms with Crippen LogP contribution < -0.4 is 4.80 Å². The van der Waals surface area contributed by atoms with Crippen LogP contribution in [0.15, 0.2) is 65.0 Å². The van der Waals surface area contributed by atoms with Crippen molar-refractivity contribution in [3.8, 4) is 11.3 Å². The van der Waals surface area contributed by atoms with Gasteiger partial charge in [-0.1, -0.05) is 61.4 Å². The Balaban J connectivity index is 2.07. The minimum Gasteiger partial charge on any atom is -0.316 e. The van der Waals surface area contributed by atoms with Gasteiger partial charge in [-0.25, -0.2) is 4.99 Å². The molecule has 2 aromatic carbocycles. The lowest BCUT2D eigenvalue weighted by atomic mass is 10.1. The Labute approximate surface area is 141 Å². The molecule has 0 aliphatic rings. The molecule has 0 saturated heterocycles. The number of benzene rings is 2. The van der Waals surface area contributed by atoms with Crippen LogP contribution in [0.4, 0.5) is 5.69 Å². The van der Waals surface area contributed by atoms with E-state index >= 15 is 0 Å². The van der Waals surface area contributed by atoms with E-state index in [0.29, 0.717) is 0 Å². The first-order chi connectivity index (χ1) is 11.3. The molecule has 3 heteroatoms. The van der Waals surface area contributed by atoms with Gasteiger partial charge in [-0.05, 0) is 31.0 Å². The highest BCUT2D eigenvalue weighted by Gasteiger charge is 2.07. The van der Waals surface area contributed by atoms with Crippen LogP contribution in [-0.4, -0.2) is 4.57 Å². The highest BCUT2D eigenvalue weighted by Crippen LogP contribution is 2.22. The summed E-state index contributed by atoms with van der Waals surface area (Å²) in [6.07, 6.45) is 2.35. The second kappa shape index (κ2) is 7.42. The Morgan fingerprint density at radius 3 is 2.43 bits per heavy atom. The first kappa shape index (κ1) is 15.8.